The number of rotatable bonds is 6. The summed E-state index contributed by atoms with van der Waals surface area (Å²) in [6.07, 6.45) is 3.29. The Kier molecular flexibility index (Phi) is 6.43. The van der Waals surface area contributed by atoms with E-state index in [2.05, 4.69) is 0 Å². The predicted octanol–water partition coefficient (Wildman–Crippen LogP) is 4.02. The zero-order valence-corrected chi connectivity index (χ0v) is 14.8. The van der Waals surface area contributed by atoms with Crippen molar-refractivity contribution in [3.8, 4) is 0 Å². The van der Waals surface area contributed by atoms with Crippen LogP contribution in [0.1, 0.15) is 5.56 Å². The fourth-order valence-electron chi connectivity index (χ4n) is 1.85. The molecule has 2 aromatic carbocycles. The number of carbonyl (C=O) groups excluding carboxylic acids is 1. The Bertz CT molecular complexity index is 846. The summed E-state index contributed by atoms with van der Waals surface area (Å²) >= 11 is 11.7. The first-order chi connectivity index (χ1) is 11.4. The minimum Gasteiger partial charge on any atom is -0.461 e. The second kappa shape index (κ2) is 8.33. The van der Waals surface area contributed by atoms with E-state index < -0.39 is 21.6 Å². The highest BCUT2D eigenvalue weighted by atomic mass is 35.5. The van der Waals surface area contributed by atoms with Gasteiger partial charge < -0.3 is 4.74 Å². The molecule has 0 saturated carbocycles. The first-order valence-corrected chi connectivity index (χ1v) is 9.34. The van der Waals surface area contributed by atoms with E-state index in [0.717, 1.165) is 5.56 Å². The van der Waals surface area contributed by atoms with Gasteiger partial charge >= 0.3 is 5.97 Å². The maximum Gasteiger partial charge on any atom is 0.321 e. The molecule has 0 heterocycles. The molecule has 2 aromatic rings. The van der Waals surface area contributed by atoms with Crippen molar-refractivity contribution in [3.05, 3.63) is 70.2 Å². The van der Waals surface area contributed by atoms with E-state index in [1.165, 1.54) is 12.1 Å². The number of esters is 1. The van der Waals surface area contributed by atoms with Gasteiger partial charge in [0.05, 0.1) is 14.9 Å². The third-order valence-electron chi connectivity index (χ3n) is 3.00. The van der Waals surface area contributed by atoms with Gasteiger partial charge in [0.25, 0.3) is 0 Å². The van der Waals surface area contributed by atoms with Crippen LogP contribution in [0.25, 0.3) is 6.08 Å². The molecule has 0 atom stereocenters. The third-order valence-corrected chi connectivity index (χ3v) is 5.35. The lowest BCUT2D eigenvalue weighted by Crippen LogP contribution is -2.18. The Morgan fingerprint density at radius 3 is 2.42 bits per heavy atom. The van der Waals surface area contributed by atoms with Gasteiger partial charge in [-0.05, 0) is 35.9 Å². The first kappa shape index (κ1) is 18.5. The van der Waals surface area contributed by atoms with Gasteiger partial charge in [-0.3, -0.25) is 4.79 Å². The molecule has 0 spiro atoms. The van der Waals surface area contributed by atoms with Crippen LogP contribution in [0.2, 0.25) is 10.0 Å². The van der Waals surface area contributed by atoms with Gasteiger partial charge in [-0.15, -0.1) is 0 Å². The molecule has 0 aliphatic carbocycles. The largest absolute Gasteiger partial charge is 0.461 e. The monoisotopic (exact) mass is 384 g/mol. The quantitative estimate of drug-likeness (QED) is 0.705. The van der Waals surface area contributed by atoms with Crippen LogP contribution >= 0.6 is 23.2 Å². The molecular weight excluding hydrogens is 371 g/mol. The smallest absolute Gasteiger partial charge is 0.321 e. The molecule has 0 aliphatic heterocycles. The van der Waals surface area contributed by atoms with Crippen molar-refractivity contribution in [2.45, 2.75) is 4.90 Å². The van der Waals surface area contributed by atoms with Crippen LogP contribution in [-0.2, 0) is 19.4 Å². The van der Waals surface area contributed by atoms with Gasteiger partial charge in [0.1, 0.15) is 6.61 Å². The highest BCUT2D eigenvalue weighted by molar-refractivity contribution is 7.92. The molecule has 0 radical (unpaired) electrons. The zero-order valence-electron chi connectivity index (χ0n) is 12.5. The third kappa shape index (κ3) is 5.37. The summed E-state index contributed by atoms with van der Waals surface area (Å²) in [6, 6.07) is 12.8. The summed E-state index contributed by atoms with van der Waals surface area (Å²) < 4.78 is 29.0. The van der Waals surface area contributed by atoms with E-state index in [9.17, 15) is 13.2 Å². The number of halogens is 2. The van der Waals surface area contributed by atoms with Crippen LogP contribution < -0.4 is 0 Å². The Morgan fingerprint density at radius 2 is 1.75 bits per heavy atom. The van der Waals surface area contributed by atoms with Crippen LogP contribution in [0.3, 0.4) is 0 Å². The number of hydrogen-bond donors (Lipinski definition) is 0. The summed E-state index contributed by atoms with van der Waals surface area (Å²) in [4.78, 5) is 11.8. The fraction of sp³-hybridized carbons (Fsp3) is 0.118. The molecule has 4 nitrogen and oxygen atoms in total. The lowest BCUT2D eigenvalue weighted by atomic mass is 10.2. The van der Waals surface area contributed by atoms with Crippen LogP contribution in [0.15, 0.2) is 59.5 Å². The standard InChI is InChI=1S/C17H14Cl2O4S/c18-15-9-8-13(11-16(15)19)5-4-10-23-17(20)12-24(21,22)14-6-2-1-3-7-14/h1-9,11H,10,12H2/b5-4+. The average molecular weight is 385 g/mol. The number of benzene rings is 2. The van der Waals surface area contributed by atoms with E-state index in [1.54, 1.807) is 48.6 Å². The van der Waals surface area contributed by atoms with E-state index in [0.29, 0.717) is 10.0 Å². The topological polar surface area (TPSA) is 60.4 Å². The van der Waals surface area contributed by atoms with Crippen molar-refractivity contribution >= 4 is 45.1 Å². The normalized spacial score (nSPS) is 11.6. The molecule has 0 fully saturated rings. The summed E-state index contributed by atoms with van der Waals surface area (Å²) in [6.45, 7) is -0.0383. The van der Waals surface area contributed by atoms with Crippen molar-refractivity contribution in [1.29, 1.82) is 0 Å². The van der Waals surface area contributed by atoms with Gasteiger partial charge in [-0.25, -0.2) is 8.42 Å². The highest BCUT2D eigenvalue weighted by Crippen LogP contribution is 2.23. The van der Waals surface area contributed by atoms with Gasteiger partial charge in [0.15, 0.2) is 15.6 Å². The molecule has 126 valence electrons. The lowest BCUT2D eigenvalue weighted by Gasteiger charge is -2.04. The molecule has 24 heavy (non-hydrogen) atoms. The zero-order chi connectivity index (χ0) is 17.6. The van der Waals surface area contributed by atoms with Crippen molar-refractivity contribution in [3.63, 3.8) is 0 Å². The minimum absolute atomic E-state index is 0.0383. The number of ether oxygens (including phenoxy) is 1. The second-order valence-electron chi connectivity index (χ2n) is 4.83. The molecule has 0 bridgehead atoms. The van der Waals surface area contributed by atoms with E-state index in [4.69, 9.17) is 27.9 Å². The second-order valence-corrected chi connectivity index (χ2v) is 7.64. The molecule has 0 aliphatic rings. The van der Waals surface area contributed by atoms with Gasteiger partial charge in [-0.1, -0.05) is 53.5 Å². The lowest BCUT2D eigenvalue weighted by molar-refractivity contribution is -0.139. The van der Waals surface area contributed by atoms with Crippen LogP contribution in [0.4, 0.5) is 0 Å². The van der Waals surface area contributed by atoms with Gasteiger partial charge in [0.2, 0.25) is 0 Å². The van der Waals surface area contributed by atoms with E-state index in [-0.39, 0.29) is 11.5 Å². The molecule has 2 rings (SSSR count). The van der Waals surface area contributed by atoms with Crippen molar-refractivity contribution in [1.82, 2.24) is 0 Å². The highest BCUT2D eigenvalue weighted by Gasteiger charge is 2.19. The SMILES string of the molecule is O=C(CS(=O)(=O)c1ccccc1)OC/C=C/c1ccc(Cl)c(Cl)c1. The minimum atomic E-state index is -3.69. The first-order valence-electron chi connectivity index (χ1n) is 6.93. The Balaban J connectivity index is 1.87. The summed E-state index contributed by atoms with van der Waals surface area (Å²) in [5.41, 5.74) is 0.789. The Labute approximate surface area is 150 Å². The van der Waals surface area contributed by atoms with Crippen LogP contribution in [-0.4, -0.2) is 26.7 Å². The van der Waals surface area contributed by atoms with E-state index in [1.807, 2.05) is 0 Å². The predicted molar refractivity (Wildman–Crippen MR) is 94.9 cm³/mol. The molecule has 0 aromatic heterocycles. The van der Waals surface area contributed by atoms with Crippen LogP contribution in [0.5, 0.6) is 0 Å². The number of hydrogen-bond acceptors (Lipinski definition) is 4. The van der Waals surface area contributed by atoms with Crippen molar-refractivity contribution in [2.75, 3.05) is 12.4 Å². The molecule has 0 unspecified atom stereocenters. The maximum atomic E-state index is 12.0. The molecule has 0 amide bonds. The summed E-state index contributed by atoms with van der Waals surface area (Å²) in [5.74, 6) is -1.50. The summed E-state index contributed by atoms with van der Waals surface area (Å²) in [7, 11) is -3.69. The van der Waals surface area contributed by atoms with Gasteiger partial charge in [0, 0.05) is 0 Å². The number of sulfone groups is 1. The summed E-state index contributed by atoms with van der Waals surface area (Å²) in [5, 5.41) is 0.871. The van der Waals surface area contributed by atoms with Crippen molar-refractivity contribution in [2.24, 2.45) is 0 Å². The maximum absolute atomic E-state index is 12.0. The van der Waals surface area contributed by atoms with Crippen LogP contribution in [0, 0.1) is 0 Å². The Morgan fingerprint density at radius 1 is 1.04 bits per heavy atom. The average Bonchev–Trinajstić information content (AvgIpc) is 2.55. The van der Waals surface area contributed by atoms with E-state index >= 15 is 0 Å². The van der Waals surface area contributed by atoms with Gasteiger partial charge in [-0.2, -0.15) is 0 Å². The van der Waals surface area contributed by atoms with Crippen molar-refractivity contribution < 1.29 is 17.9 Å². The molecule has 7 heteroatoms. The Hall–Kier alpha value is -1.82. The fourth-order valence-corrected chi connectivity index (χ4v) is 3.29. The number of carbonyl (C=O) groups is 1. The molecule has 0 saturated heterocycles. The molecule has 0 N–H and O–H groups in total. The molecular formula is C17H14Cl2O4S.